The van der Waals surface area contributed by atoms with Gasteiger partial charge < -0.3 is 21.1 Å². The summed E-state index contributed by atoms with van der Waals surface area (Å²) in [6.45, 7) is 4.71. The van der Waals surface area contributed by atoms with Crippen molar-refractivity contribution in [3.05, 3.63) is 0 Å². The van der Waals surface area contributed by atoms with Crippen LogP contribution in [0.3, 0.4) is 0 Å². The van der Waals surface area contributed by atoms with E-state index >= 15 is 0 Å². The standard InChI is InChI=1S/C11H23N3O3.ClH/c1-4-8(2)10(12)11(16)14-7-9(15)13-5-6-17-3;/h8,10H,4-7,12H2,1-3H3,(H,13,15)(H,14,16);1H. The van der Waals surface area contributed by atoms with E-state index in [0.29, 0.717) is 13.2 Å². The lowest BCUT2D eigenvalue weighted by Crippen LogP contribution is -2.47. The van der Waals surface area contributed by atoms with Gasteiger partial charge in [0.2, 0.25) is 11.8 Å². The summed E-state index contributed by atoms with van der Waals surface area (Å²) in [5.74, 6) is -0.431. The number of hydrogen-bond donors (Lipinski definition) is 3. The fraction of sp³-hybridized carbons (Fsp3) is 0.818. The van der Waals surface area contributed by atoms with E-state index in [2.05, 4.69) is 10.6 Å². The number of nitrogens with one attached hydrogen (secondary N) is 2. The Labute approximate surface area is 114 Å². The third-order valence-electron chi connectivity index (χ3n) is 2.61. The van der Waals surface area contributed by atoms with Crippen LogP contribution in [0.1, 0.15) is 20.3 Å². The van der Waals surface area contributed by atoms with E-state index in [1.54, 1.807) is 7.11 Å². The van der Waals surface area contributed by atoms with E-state index in [4.69, 9.17) is 10.5 Å². The van der Waals surface area contributed by atoms with Crippen molar-refractivity contribution in [2.45, 2.75) is 26.3 Å². The monoisotopic (exact) mass is 281 g/mol. The minimum atomic E-state index is -0.563. The molecule has 0 aliphatic rings. The summed E-state index contributed by atoms with van der Waals surface area (Å²) in [5.41, 5.74) is 5.72. The lowest BCUT2D eigenvalue weighted by Gasteiger charge is -2.17. The molecule has 0 fully saturated rings. The lowest BCUT2D eigenvalue weighted by atomic mass is 9.99. The van der Waals surface area contributed by atoms with Crippen LogP contribution >= 0.6 is 12.4 Å². The summed E-state index contributed by atoms with van der Waals surface area (Å²) in [7, 11) is 1.55. The quantitative estimate of drug-likeness (QED) is 0.531. The predicted octanol–water partition coefficient (Wildman–Crippen LogP) is -0.340. The van der Waals surface area contributed by atoms with E-state index < -0.39 is 6.04 Å². The smallest absolute Gasteiger partial charge is 0.239 e. The molecule has 4 N–H and O–H groups in total. The van der Waals surface area contributed by atoms with E-state index in [1.807, 2.05) is 13.8 Å². The van der Waals surface area contributed by atoms with Gasteiger partial charge in [0.1, 0.15) is 0 Å². The van der Waals surface area contributed by atoms with Gasteiger partial charge in [0.15, 0.2) is 0 Å². The first-order chi connectivity index (χ1) is 8.02. The second-order valence-corrected chi connectivity index (χ2v) is 3.97. The summed E-state index contributed by atoms with van der Waals surface area (Å²) in [6, 6.07) is -0.563. The Morgan fingerprint density at radius 2 is 1.94 bits per heavy atom. The first-order valence-electron chi connectivity index (χ1n) is 5.81. The van der Waals surface area contributed by atoms with Crippen LogP contribution < -0.4 is 16.4 Å². The summed E-state index contributed by atoms with van der Waals surface area (Å²) in [6.07, 6.45) is 0.828. The normalized spacial score (nSPS) is 13.1. The van der Waals surface area contributed by atoms with Crippen molar-refractivity contribution in [3.63, 3.8) is 0 Å². The number of carbonyl (C=O) groups is 2. The van der Waals surface area contributed by atoms with Crippen LogP contribution in [-0.4, -0.2) is 44.7 Å². The zero-order valence-corrected chi connectivity index (χ0v) is 12.0. The number of hydrogen-bond acceptors (Lipinski definition) is 4. The molecular weight excluding hydrogens is 258 g/mol. The first-order valence-corrected chi connectivity index (χ1v) is 5.81. The van der Waals surface area contributed by atoms with Gasteiger partial charge in [0.25, 0.3) is 0 Å². The molecule has 0 aromatic carbocycles. The van der Waals surface area contributed by atoms with Gasteiger partial charge in [-0.1, -0.05) is 20.3 Å². The highest BCUT2D eigenvalue weighted by Gasteiger charge is 2.19. The number of nitrogens with two attached hydrogens (primary N) is 1. The van der Waals surface area contributed by atoms with Crippen molar-refractivity contribution in [2.75, 3.05) is 26.8 Å². The van der Waals surface area contributed by atoms with Crippen molar-refractivity contribution in [1.82, 2.24) is 10.6 Å². The Kier molecular flexibility index (Phi) is 12.2. The Hall–Kier alpha value is -0.850. The second-order valence-electron chi connectivity index (χ2n) is 3.97. The molecule has 2 atom stereocenters. The number of methoxy groups -OCH3 is 1. The average Bonchev–Trinajstić information content (AvgIpc) is 2.34. The molecule has 0 aliphatic heterocycles. The minimum absolute atomic E-state index is 0. The van der Waals surface area contributed by atoms with Gasteiger partial charge in [-0.2, -0.15) is 0 Å². The van der Waals surface area contributed by atoms with Crippen molar-refractivity contribution in [2.24, 2.45) is 11.7 Å². The van der Waals surface area contributed by atoms with Crippen LogP contribution in [-0.2, 0) is 14.3 Å². The second kappa shape index (κ2) is 11.3. The Bertz CT molecular complexity index is 252. The van der Waals surface area contributed by atoms with E-state index in [-0.39, 0.29) is 36.7 Å². The molecule has 0 aliphatic carbocycles. The van der Waals surface area contributed by atoms with Crippen LogP contribution in [0.4, 0.5) is 0 Å². The molecule has 6 nitrogen and oxygen atoms in total. The molecule has 108 valence electrons. The van der Waals surface area contributed by atoms with Crippen molar-refractivity contribution in [3.8, 4) is 0 Å². The highest BCUT2D eigenvalue weighted by Crippen LogP contribution is 2.04. The highest BCUT2D eigenvalue weighted by atomic mass is 35.5. The van der Waals surface area contributed by atoms with Crippen LogP contribution in [0.5, 0.6) is 0 Å². The zero-order valence-electron chi connectivity index (χ0n) is 11.2. The SMILES string of the molecule is CCC(C)C(N)C(=O)NCC(=O)NCCOC.Cl. The van der Waals surface area contributed by atoms with Crippen LogP contribution in [0.25, 0.3) is 0 Å². The predicted molar refractivity (Wildman–Crippen MR) is 72.6 cm³/mol. The third kappa shape index (κ3) is 8.27. The highest BCUT2D eigenvalue weighted by molar-refractivity contribution is 5.87. The van der Waals surface area contributed by atoms with Gasteiger partial charge in [0, 0.05) is 13.7 Å². The largest absolute Gasteiger partial charge is 0.383 e. The maximum atomic E-state index is 11.5. The van der Waals surface area contributed by atoms with Gasteiger partial charge >= 0.3 is 0 Å². The summed E-state index contributed by atoms with van der Waals surface area (Å²) >= 11 is 0. The Balaban J connectivity index is 0. The van der Waals surface area contributed by atoms with Crippen molar-refractivity contribution in [1.29, 1.82) is 0 Å². The van der Waals surface area contributed by atoms with Crippen LogP contribution in [0.2, 0.25) is 0 Å². The molecule has 0 saturated heterocycles. The van der Waals surface area contributed by atoms with Crippen LogP contribution in [0.15, 0.2) is 0 Å². The van der Waals surface area contributed by atoms with Gasteiger partial charge in [0.05, 0.1) is 19.2 Å². The molecule has 0 spiro atoms. The maximum absolute atomic E-state index is 11.5. The lowest BCUT2D eigenvalue weighted by molar-refractivity contribution is -0.127. The fourth-order valence-corrected chi connectivity index (χ4v) is 1.15. The molecule has 0 saturated carbocycles. The summed E-state index contributed by atoms with van der Waals surface area (Å²) < 4.78 is 4.78. The zero-order chi connectivity index (χ0) is 13.3. The average molecular weight is 282 g/mol. The number of carbonyl (C=O) groups excluding carboxylic acids is 2. The van der Waals surface area contributed by atoms with E-state index in [0.717, 1.165) is 6.42 Å². The molecule has 0 bridgehead atoms. The van der Waals surface area contributed by atoms with Gasteiger partial charge in [-0.15, -0.1) is 12.4 Å². The molecule has 0 heterocycles. The van der Waals surface area contributed by atoms with Crippen molar-refractivity contribution >= 4 is 24.2 Å². The molecule has 0 aromatic rings. The van der Waals surface area contributed by atoms with Gasteiger partial charge in [-0.3, -0.25) is 9.59 Å². The Morgan fingerprint density at radius 3 is 2.44 bits per heavy atom. The number of ether oxygens (including phenoxy) is 1. The van der Waals surface area contributed by atoms with E-state index in [9.17, 15) is 9.59 Å². The number of halogens is 1. The topological polar surface area (TPSA) is 93.5 Å². The molecule has 0 rings (SSSR count). The third-order valence-corrected chi connectivity index (χ3v) is 2.61. The number of amides is 2. The minimum Gasteiger partial charge on any atom is -0.383 e. The Morgan fingerprint density at radius 1 is 1.33 bits per heavy atom. The summed E-state index contributed by atoms with van der Waals surface area (Å²) in [4.78, 5) is 22.8. The molecule has 18 heavy (non-hydrogen) atoms. The first kappa shape index (κ1) is 19.5. The maximum Gasteiger partial charge on any atom is 0.239 e. The molecule has 0 aromatic heterocycles. The van der Waals surface area contributed by atoms with Gasteiger partial charge in [-0.25, -0.2) is 0 Å². The van der Waals surface area contributed by atoms with Crippen LogP contribution in [0, 0.1) is 5.92 Å². The van der Waals surface area contributed by atoms with Crippen molar-refractivity contribution < 1.29 is 14.3 Å². The van der Waals surface area contributed by atoms with E-state index in [1.165, 1.54) is 0 Å². The molecular formula is C11H24ClN3O3. The molecule has 0 radical (unpaired) electrons. The molecule has 2 amide bonds. The number of rotatable bonds is 8. The molecule has 2 unspecified atom stereocenters. The summed E-state index contributed by atoms with van der Waals surface area (Å²) in [5, 5.41) is 5.11. The van der Waals surface area contributed by atoms with Gasteiger partial charge in [-0.05, 0) is 5.92 Å². The molecule has 7 heteroatoms. The fourth-order valence-electron chi connectivity index (χ4n) is 1.15.